The van der Waals surface area contributed by atoms with E-state index in [1.54, 1.807) is 23.5 Å². The molecule has 126 valence electrons. The average Bonchev–Trinajstić information content (AvgIpc) is 3.20. The van der Waals surface area contributed by atoms with E-state index >= 15 is 0 Å². The van der Waals surface area contributed by atoms with E-state index < -0.39 is 10.0 Å². The Bertz CT molecular complexity index is 722. The summed E-state index contributed by atoms with van der Waals surface area (Å²) in [5.74, 6) is 0. The zero-order valence-corrected chi connectivity index (χ0v) is 15.8. The summed E-state index contributed by atoms with van der Waals surface area (Å²) in [6.07, 6.45) is 3.61. The van der Waals surface area contributed by atoms with Crippen molar-refractivity contribution >= 4 is 44.3 Å². The van der Waals surface area contributed by atoms with Crippen LogP contribution in [0.15, 0.2) is 33.2 Å². The number of likely N-dealkylation sites (tertiary alicyclic amines) is 1. The minimum atomic E-state index is -3.50. The molecule has 2 aromatic rings. The van der Waals surface area contributed by atoms with E-state index in [9.17, 15) is 8.42 Å². The first-order valence-electron chi connectivity index (χ1n) is 7.57. The molecular formula is C15H19ClN2O2S3. The van der Waals surface area contributed by atoms with Crippen molar-refractivity contribution in [2.24, 2.45) is 0 Å². The molecule has 0 aromatic carbocycles. The van der Waals surface area contributed by atoms with Gasteiger partial charge in [-0.2, -0.15) is 11.3 Å². The summed E-state index contributed by atoms with van der Waals surface area (Å²) in [4.78, 5) is 2.38. The number of hydrogen-bond donors (Lipinski definition) is 1. The second-order valence-corrected chi connectivity index (χ2v) is 10.1. The van der Waals surface area contributed by atoms with Crippen molar-refractivity contribution in [1.29, 1.82) is 0 Å². The lowest BCUT2D eigenvalue weighted by Crippen LogP contribution is -2.40. The number of piperidine rings is 1. The van der Waals surface area contributed by atoms with Crippen LogP contribution in [0.5, 0.6) is 0 Å². The molecule has 1 atom stereocenters. The van der Waals surface area contributed by atoms with Gasteiger partial charge in [0.15, 0.2) is 0 Å². The molecule has 1 fully saturated rings. The van der Waals surface area contributed by atoms with Crippen LogP contribution in [0, 0.1) is 0 Å². The Balaban J connectivity index is 1.73. The maximum absolute atomic E-state index is 12.4. The van der Waals surface area contributed by atoms with Gasteiger partial charge in [0.05, 0.1) is 4.34 Å². The second kappa shape index (κ2) is 7.63. The summed E-state index contributed by atoms with van der Waals surface area (Å²) in [5, 5.41) is 4.15. The molecule has 8 heteroatoms. The number of nitrogens with zero attached hydrogens (tertiary/aromatic N) is 1. The van der Waals surface area contributed by atoms with Crippen LogP contribution in [0.3, 0.4) is 0 Å². The molecule has 0 saturated carbocycles. The van der Waals surface area contributed by atoms with Gasteiger partial charge < -0.3 is 0 Å². The van der Waals surface area contributed by atoms with Gasteiger partial charge in [-0.3, -0.25) is 4.90 Å². The molecule has 1 aliphatic heterocycles. The predicted molar refractivity (Wildman–Crippen MR) is 97.0 cm³/mol. The maximum Gasteiger partial charge on any atom is 0.250 e. The van der Waals surface area contributed by atoms with E-state index in [4.69, 9.17) is 11.6 Å². The largest absolute Gasteiger partial charge is 0.295 e. The van der Waals surface area contributed by atoms with Crippen LogP contribution in [0.25, 0.3) is 0 Å². The highest BCUT2D eigenvalue weighted by atomic mass is 35.5. The van der Waals surface area contributed by atoms with E-state index in [0.717, 1.165) is 24.4 Å². The van der Waals surface area contributed by atoms with Crippen molar-refractivity contribution in [2.45, 2.75) is 29.5 Å². The molecule has 1 unspecified atom stereocenters. The molecule has 23 heavy (non-hydrogen) atoms. The lowest BCUT2D eigenvalue weighted by atomic mass is 10.0. The monoisotopic (exact) mass is 390 g/mol. The fourth-order valence-electron chi connectivity index (χ4n) is 2.85. The smallest absolute Gasteiger partial charge is 0.250 e. The van der Waals surface area contributed by atoms with Crippen LogP contribution in [0.4, 0.5) is 0 Å². The van der Waals surface area contributed by atoms with Crippen LogP contribution in [-0.4, -0.2) is 33.0 Å². The van der Waals surface area contributed by atoms with Crippen LogP contribution in [-0.2, 0) is 10.0 Å². The van der Waals surface area contributed by atoms with Gasteiger partial charge in [-0.1, -0.05) is 18.0 Å². The van der Waals surface area contributed by atoms with E-state index in [-0.39, 0.29) is 10.3 Å². The summed E-state index contributed by atoms with van der Waals surface area (Å²) < 4.78 is 28.4. The molecule has 0 amide bonds. The highest BCUT2D eigenvalue weighted by Crippen LogP contribution is 2.28. The number of rotatable bonds is 6. The van der Waals surface area contributed by atoms with Crippen LogP contribution in [0.2, 0.25) is 4.34 Å². The van der Waals surface area contributed by atoms with Crippen LogP contribution < -0.4 is 4.72 Å². The lowest BCUT2D eigenvalue weighted by Gasteiger charge is -2.34. The highest BCUT2D eigenvalue weighted by molar-refractivity contribution is 7.91. The molecule has 3 heterocycles. The topological polar surface area (TPSA) is 49.4 Å². The quantitative estimate of drug-likeness (QED) is 0.811. The minimum Gasteiger partial charge on any atom is -0.295 e. The third-order valence-corrected chi connectivity index (χ3v) is 7.89. The van der Waals surface area contributed by atoms with Crippen molar-refractivity contribution in [3.63, 3.8) is 0 Å². The van der Waals surface area contributed by atoms with Gasteiger partial charge in [0.25, 0.3) is 0 Å². The molecule has 0 aliphatic carbocycles. The molecule has 1 saturated heterocycles. The highest BCUT2D eigenvalue weighted by Gasteiger charge is 2.25. The molecule has 1 aliphatic rings. The Morgan fingerprint density at radius 3 is 2.61 bits per heavy atom. The maximum atomic E-state index is 12.4. The SMILES string of the molecule is O=S(=O)(NCC(c1ccsc1)N1CCCCC1)c1ccc(Cl)s1. The fraction of sp³-hybridized carbons (Fsp3) is 0.467. The Kier molecular flexibility index (Phi) is 5.77. The minimum absolute atomic E-state index is 0.0896. The third kappa shape index (κ3) is 4.35. The molecule has 4 nitrogen and oxygen atoms in total. The van der Waals surface area contributed by atoms with E-state index in [1.807, 2.05) is 5.38 Å². The zero-order chi connectivity index (χ0) is 16.3. The van der Waals surface area contributed by atoms with Gasteiger partial charge in [0.1, 0.15) is 4.21 Å². The molecule has 0 bridgehead atoms. The predicted octanol–water partition coefficient (Wildman–Crippen LogP) is 3.97. The number of thiophene rings is 2. The number of halogens is 1. The molecule has 0 spiro atoms. The number of sulfonamides is 1. The van der Waals surface area contributed by atoms with Gasteiger partial charge in [-0.25, -0.2) is 13.1 Å². The van der Waals surface area contributed by atoms with E-state index in [2.05, 4.69) is 21.1 Å². The summed E-state index contributed by atoms with van der Waals surface area (Å²) in [5.41, 5.74) is 1.18. The summed E-state index contributed by atoms with van der Waals surface area (Å²) in [6.45, 7) is 2.43. The Hall–Kier alpha value is -0.440. The molecule has 3 rings (SSSR count). The van der Waals surface area contributed by atoms with E-state index in [0.29, 0.717) is 10.9 Å². The molecule has 2 aromatic heterocycles. The first kappa shape index (κ1) is 17.4. The van der Waals surface area contributed by atoms with Gasteiger partial charge in [-0.15, -0.1) is 11.3 Å². The Morgan fingerprint density at radius 1 is 1.22 bits per heavy atom. The normalized spacial score (nSPS) is 18.1. The first-order chi connectivity index (χ1) is 11.1. The van der Waals surface area contributed by atoms with E-state index in [1.165, 1.54) is 24.8 Å². The van der Waals surface area contributed by atoms with Crippen molar-refractivity contribution in [3.05, 3.63) is 38.9 Å². The third-order valence-electron chi connectivity index (χ3n) is 4.04. The van der Waals surface area contributed by atoms with Gasteiger partial charge >= 0.3 is 0 Å². The first-order valence-corrected chi connectivity index (χ1v) is 11.2. The number of nitrogens with one attached hydrogen (secondary N) is 1. The summed E-state index contributed by atoms with van der Waals surface area (Å²) in [6, 6.07) is 5.34. The lowest BCUT2D eigenvalue weighted by molar-refractivity contribution is 0.165. The second-order valence-electron chi connectivity index (χ2n) is 5.58. The Morgan fingerprint density at radius 2 is 2.00 bits per heavy atom. The fourth-order valence-corrected chi connectivity index (χ4v) is 6.13. The van der Waals surface area contributed by atoms with Gasteiger partial charge in [0, 0.05) is 12.6 Å². The van der Waals surface area contributed by atoms with Crippen molar-refractivity contribution in [2.75, 3.05) is 19.6 Å². The summed E-state index contributed by atoms with van der Waals surface area (Å²) >= 11 is 8.58. The van der Waals surface area contributed by atoms with Gasteiger partial charge in [0.2, 0.25) is 10.0 Å². The Labute approximate surface area is 150 Å². The van der Waals surface area contributed by atoms with Crippen LogP contribution in [0.1, 0.15) is 30.9 Å². The van der Waals surface area contributed by atoms with Gasteiger partial charge in [-0.05, 0) is 60.5 Å². The average molecular weight is 391 g/mol. The van der Waals surface area contributed by atoms with Crippen molar-refractivity contribution < 1.29 is 8.42 Å². The van der Waals surface area contributed by atoms with Crippen LogP contribution >= 0.6 is 34.3 Å². The van der Waals surface area contributed by atoms with Crippen molar-refractivity contribution in [3.8, 4) is 0 Å². The molecule has 1 N–H and O–H groups in total. The summed E-state index contributed by atoms with van der Waals surface area (Å²) in [7, 11) is -3.50. The zero-order valence-electron chi connectivity index (χ0n) is 12.6. The van der Waals surface area contributed by atoms with Crippen molar-refractivity contribution in [1.82, 2.24) is 9.62 Å². The standard InChI is InChI=1S/C15H19ClN2O2S3/c16-14-4-5-15(22-14)23(19,20)17-10-13(12-6-9-21-11-12)18-7-2-1-3-8-18/h4-6,9,11,13,17H,1-3,7-8,10H2. The number of hydrogen-bond acceptors (Lipinski definition) is 5. The molecular weight excluding hydrogens is 372 g/mol. The molecule has 0 radical (unpaired) electrons.